The zero-order valence-corrected chi connectivity index (χ0v) is 16.6. The minimum absolute atomic E-state index is 0.0260. The van der Waals surface area contributed by atoms with Crippen molar-refractivity contribution < 1.29 is 27.8 Å². The number of carbonyl (C=O) groups is 1. The Morgan fingerprint density at radius 2 is 1.77 bits per heavy atom. The maximum atomic E-state index is 13.6. The van der Waals surface area contributed by atoms with Gasteiger partial charge < -0.3 is 19.5 Å². The molecule has 5 nitrogen and oxygen atoms in total. The first-order chi connectivity index (χ1) is 12.3. The van der Waals surface area contributed by atoms with Crippen LogP contribution in [0.5, 0.6) is 17.2 Å². The Hall–Kier alpha value is -2.10. The molecule has 1 atom stereocenters. The second kappa shape index (κ2) is 9.02. The van der Waals surface area contributed by atoms with Crippen LogP contribution in [-0.2, 0) is 0 Å². The third kappa shape index (κ3) is 4.96. The number of ether oxygens (including phenoxy) is 3. The average molecular weight is 477 g/mol. The highest BCUT2D eigenvalue weighted by molar-refractivity contribution is 14.1. The third-order valence-corrected chi connectivity index (χ3v) is 4.37. The minimum atomic E-state index is -0.794. The van der Waals surface area contributed by atoms with Crippen LogP contribution in [0.4, 0.5) is 8.78 Å². The first kappa shape index (κ1) is 20.2. The lowest BCUT2D eigenvalue weighted by atomic mass is 10.1. The quantitative estimate of drug-likeness (QED) is 0.617. The maximum absolute atomic E-state index is 13.6. The van der Waals surface area contributed by atoms with Gasteiger partial charge in [-0.2, -0.15) is 0 Å². The van der Waals surface area contributed by atoms with E-state index in [-0.39, 0.29) is 18.3 Å². The fourth-order valence-electron chi connectivity index (χ4n) is 2.18. The molecule has 0 aliphatic carbocycles. The summed E-state index contributed by atoms with van der Waals surface area (Å²) in [4.78, 5) is 12.5. The van der Waals surface area contributed by atoms with Gasteiger partial charge in [-0.05, 0) is 53.8 Å². The molecule has 0 saturated heterocycles. The van der Waals surface area contributed by atoms with E-state index in [1.807, 2.05) is 22.6 Å². The van der Waals surface area contributed by atoms with Crippen LogP contribution in [0.15, 0.2) is 30.3 Å². The van der Waals surface area contributed by atoms with Gasteiger partial charge in [0.25, 0.3) is 5.91 Å². The normalized spacial score (nSPS) is 11.6. The van der Waals surface area contributed by atoms with E-state index in [1.54, 1.807) is 19.1 Å². The Kier molecular flexibility index (Phi) is 7.01. The van der Waals surface area contributed by atoms with E-state index >= 15 is 0 Å². The highest BCUT2D eigenvalue weighted by atomic mass is 127. The molecule has 0 spiro atoms. The van der Waals surface area contributed by atoms with Crippen molar-refractivity contribution in [3.63, 3.8) is 0 Å². The van der Waals surface area contributed by atoms with Crippen LogP contribution in [0.25, 0.3) is 0 Å². The largest absolute Gasteiger partial charge is 0.493 e. The van der Waals surface area contributed by atoms with Crippen LogP contribution >= 0.6 is 22.6 Å². The Balaban J connectivity index is 2.02. The minimum Gasteiger partial charge on any atom is -0.493 e. The van der Waals surface area contributed by atoms with Crippen LogP contribution in [0, 0.1) is 15.2 Å². The lowest BCUT2D eigenvalue weighted by molar-refractivity contribution is 0.0925. The summed E-state index contributed by atoms with van der Waals surface area (Å²) in [5.74, 6) is -0.914. The zero-order valence-electron chi connectivity index (χ0n) is 14.4. The maximum Gasteiger partial charge on any atom is 0.252 e. The van der Waals surface area contributed by atoms with Gasteiger partial charge in [-0.3, -0.25) is 4.79 Å². The summed E-state index contributed by atoms with van der Waals surface area (Å²) in [5, 5.41) is 2.77. The molecule has 2 rings (SSSR count). The number of amides is 1. The predicted octanol–water partition coefficient (Wildman–Crippen LogP) is 3.78. The Morgan fingerprint density at radius 1 is 1.12 bits per heavy atom. The van der Waals surface area contributed by atoms with Gasteiger partial charge in [0.15, 0.2) is 23.1 Å². The molecule has 0 aliphatic rings. The van der Waals surface area contributed by atoms with Crippen molar-refractivity contribution in [2.24, 2.45) is 0 Å². The lowest BCUT2D eigenvalue weighted by Crippen LogP contribution is -2.37. The molecule has 140 valence electrons. The first-order valence-electron chi connectivity index (χ1n) is 7.66. The average Bonchev–Trinajstić information content (AvgIpc) is 2.60. The molecule has 0 radical (unpaired) electrons. The van der Waals surface area contributed by atoms with Crippen LogP contribution in [0.2, 0.25) is 0 Å². The van der Waals surface area contributed by atoms with Crippen molar-refractivity contribution in [3.8, 4) is 17.2 Å². The highest BCUT2D eigenvalue weighted by Gasteiger charge is 2.17. The van der Waals surface area contributed by atoms with E-state index in [9.17, 15) is 13.6 Å². The molecule has 1 N–H and O–H groups in total. The number of hydrogen-bond donors (Lipinski definition) is 1. The summed E-state index contributed by atoms with van der Waals surface area (Å²) >= 11 is 2.03. The van der Waals surface area contributed by atoms with E-state index in [0.717, 1.165) is 12.1 Å². The third-order valence-electron chi connectivity index (χ3n) is 3.48. The molecule has 2 aromatic rings. The summed E-state index contributed by atoms with van der Waals surface area (Å²) in [5.41, 5.74) is 0.420. The molecular formula is C18H18F2INO4. The summed E-state index contributed by atoms with van der Waals surface area (Å²) in [6.07, 6.45) is 0. The molecule has 1 amide bonds. The zero-order chi connectivity index (χ0) is 19.3. The van der Waals surface area contributed by atoms with Gasteiger partial charge in [0.05, 0.1) is 25.8 Å². The summed E-state index contributed by atoms with van der Waals surface area (Å²) < 4.78 is 42.8. The van der Waals surface area contributed by atoms with Crippen molar-refractivity contribution in [1.29, 1.82) is 0 Å². The van der Waals surface area contributed by atoms with E-state index < -0.39 is 17.7 Å². The molecule has 2 aromatic carbocycles. The van der Waals surface area contributed by atoms with Gasteiger partial charge in [-0.25, -0.2) is 8.78 Å². The second-order valence-electron chi connectivity index (χ2n) is 5.45. The van der Waals surface area contributed by atoms with E-state index in [4.69, 9.17) is 14.2 Å². The lowest BCUT2D eigenvalue weighted by Gasteiger charge is -2.17. The number of halogens is 3. The van der Waals surface area contributed by atoms with E-state index in [1.165, 1.54) is 20.3 Å². The standard InChI is InChI=1S/C18H18F2INO4/c1-10(9-26-15-5-4-11(19)6-13(15)20)22-18(23)12-7-16(24-2)17(25-3)8-14(12)21/h4-8,10H,9H2,1-3H3,(H,22,23). The van der Waals surface area contributed by atoms with Gasteiger partial charge in [-0.15, -0.1) is 0 Å². The van der Waals surface area contributed by atoms with Crippen molar-refractivity contribution in [1.82, 2.24) is 5.32 Å². The highest BCUT2D eigenvalue weighted by Crippen LogP contribution is 2.31. The van der Waals surface area contributed by atoms with Gasteiger partial charge >= 0.3 is 0 Å². The number of nitrogens with one attached hydrogen (secondary N) is 1. The Morgan fingerprint density at radius 3 is 2.38 bits per heavy atom. The molecule has 1 unspecified atom stereocenters. The molecule has 26 heavy (non-hydrogen) atoms. The molecule has 0 heterocycles. The van der Waals surface area contributed by atoms with Crippen LogP contribution < -0.4 is 19.5 Å². The molecule has 0 aliphatic heterocycles. The fraction of sp³-hybridized carbons (Fsp3) is 0.278. The summed E-state index contributed by atoms with van der Waals surface area (Å²) in [6, 6.07) is 5.93. The molecular weight excluding hydrogens is 459 g/mol. The van der Waals surface area contributed by atoms with Gasteiger partial charge in [0, 0.05) is 9.64 Å². The number of benzene rings is 2. The number of rotatable bonds is 7. The topological polar surface area (TPSA) is 56.8 Å². The molecule has 0 aromatic heterocycles. The monoisotopic (exact) mass is 477 g/mol. The number of carbonyl (C=O) groups excluding carboxylic acids is 1. The van der Waals surface area contributed by atoms with Crippen molar-refractivity contribution >= 4 is 28.5 Å². The van der Waals surface area contributed by atoms with Crippen molar-refractivity contribution in [2.75, 3.05) is 20.8 Å². The predicted molar refractivity (Wildman–Crippen MR) is 101 cm³/mol. The SMILES string of the molecule is COc1cc(I)c(C(=O)NC(C)COc2ccc(F)cc2F)cc1OC. The van der Waals surface area contributed by atoms with Gasteiger partial charge in [0.1, 0.15) is 12.4 Å². The summed E-state index contributed by atoms with van der Waals surface area (Å²) in [7, 11) is 3.00. The number of methoxy groups -OCH3 is 2. The molecule has 8 heteroatoms. The molecule has 0 fully saturated rings. The number of hydrogen-bond acceptors (Lipinski definition) is 4. The van der Waals surface area contributed by atoms with Crippen LogP contribution in [0.1, 0.15) is 17.3 Å². The van der Waals surface area contributed by atoms with Crippen molar-refractivity contribution in [3.05, 3.63) is 51.1 Å². The smallest absolute Gasteiger partial charge is 0.252 e. The van der Waals surface area contributed by atoms with Crippen LogP contribution in [0.3, 0.4) is 0 Å². The van der Waals surface area contributed by atoms with Gasteiger partial charge in [0.2, 0.25) is 0 Å². The van der Waals surface area contributed by atoms with Crippen molar-refractivity contribution in [2.45, 2.75) is 13.0 Å². The van der Waals surface area contributed by atoms with Gasteiger partial charge in [-0.1, -0.05) is 0 Å². The van der Waals surface area contributed by atoms with Crippen LogP contribution in [-0.4, -0.2) is 32.8 Å². The molecule has 0 bridgehead atoms. The summed E-state index contributed by atoms with van der Waals surface area (Å²) in [6.45, 7) is 1.74. The van der Waals surface area contributed by atoms with E-state index in [0.29, 0.717) is 20.6 Å². The fourth-order valence-corrected chi connectivity index (χ4v) is 2.86. The molecule has 0 saturated carbocycles. The Labute approximate surface area is 163 Å². The second-order valence-corrected chi connectivity index (χ2v) is 6.61. The first-order valence-corrected chi connectivity index (χ1v) is 8.73. The Bertz CT molecular complexity index is 801. The van der Waals surface area contributed by atoms with E-state index in [2.05, 4.69) is 5.32 Å².